The van der Waals surface area contributed by atoms with Crippen LogP contribution in [0.3, 0.4) is 0 Å². The van der Waals surface area contributed by atoms with Crippen LogP contribution in [0.5, 0.6) is 0 Å². The standard InChI is InChI=1S/C26H22N4O3S/c1-16-12-17(2)14-20(13-16)29-25(24(28-26(29)34)21-8-3-4-11-27-21)23-10-9-22(33-23)18-6-5-7-19(15-18)30(31)32/h3-15,24-25H,1-2H3,(H,28,34)/t24-,25+/m1/s1. The molecule has 1 saturated heterocycles. The second kappa shape index (κ2) is 8.72. The first kappa shape index (κ1) is 21.8. The molecule has 0 saturated carbocycles. The second-order valence-corrected chi connectivity index (χ2v) is 8.74. The smallest absolute Gasteiger partial charge is 0.270 e. The van der Waals surface area contributed by atoms with Crippen molar-refractivity contribution in [1.29, 1.82) is 0 Å². The van der Waals surface area contributed by atoms with E-state index in [0.717, 1.165) is 22.5 Å². The van der Waals surface area contributed by atoms with E-state index in [0.29, 0.717) is 22.2 Å². The Balaban J connectivity index is 1.61. The van der Waals surface area contributed by atoms with Gasteiger partial charge in [-0.1, -0.05) is 24.3 Å². The third-order valence-corrected chi connectivity index (χ3v) is 6.16. The van der Waals surface area contributed by atoms with Gasteiger partial charge in [-0.2, -0.15) is 0 Å². The van der Waals surface area contributed by atoms with Gasteiger partial charge in [0.15, 0.2) is 5.11 Å². The van der Waals surface area contributed by atoms with Gasteiger partial charge in [0.1, 0.15) is 17.6 Å². The molecule has 8 heteroatoms. The Bertz CT molecular complexity index is 1370. The fraction of sp³-hybridized carbons (Fsp3) is 0.154. The van der Waals surface area contributed by atoms with Gasteiger partial charge < -0.3 is 14.6 Å². The minimum atomic E-state index is -0.411. The van der Waals surface area contributed by atoms with Crippen LogP contribution in [0.2, 0.25) is 0 Å². The van der Waals surface area contributed by atoms with Gasteiger partial charge in [-0.15, -0.1) is 0 Å². The average Bonchev–Trinajstić information content (AvgIpc) is 3.43. The van der Waals surface area contributed by atoms with Gasteiger partial charge in [-0.3, -0.25) is 15.1 Å². The Morgan fingerprint density at radius 1 is 1.03 bits per heavy atom. The maximum atomic E-state index is 11.2. The number of nitro benzene ring substituents is 1. The van der Waals surface area contributed by atoms with Crippen LogP contribution in [0.15, 0.2) is 83.4 Å². The zero-order valence-corrected chi connectivity index (χ0v) is 19.5. The van der Waals surface area contributed by atoms with Crippen molar-refractivity contribution in [3.8, 4) is 11.3 Å². The van der Waals surface area contributed by atoms with Gasteiger partial charge in [0.2, 0.25) is 0 Å². The number of nitrogens with one attached hydrogen (secondary N) is 1. The van der Waals surface area contributed by atoms with Gasteiger partial charge in [-0.05, 0) is 73.6 Å². The molecule has 4 aromatic rings. The van der Waals surface area contributed by atoms with Crippen LogP contribution in [0.1, 0.15) is 34.7 Å². The van der Waals surface area contributed by atoms with Crippen LogP contribution in [0.4, 0.5) is 11.4 Å². The molecule has 1 aliphatic heterocycles. The fourth-order valence-electron chi connectivity index (χ4n) is 4.45. The second-order valence-electron chi connectivity index (χ2n) is 8.35. The summed E-state index contributed by atoms with van der Waals surface area (Å²) in [6, 6.07) is 21.7. The molecular formula is C26H22N4O3S. The number of pyridine rings is 1. The van der Waals surface area contributed by atoms with Crippen molar-refractivity contribution < 1.29 is 9.34 Å². The number of hydrogen-bond acceptors (Lipinski definition) is 5. The number of aryl methyl sites for hydroxylation is 2. The molecule has 170 valence electrons. The zero-order valence-electron chi connectivity index (χ0n) is 18.6. The summed E-state index contributed by atoms with van der Waals surface area (Å²) in [5.74, 6) is 1.24. The number of furan rings is 1. The molecule has 1 N–H and O–H groups in total. The van der Waals surface area contributed by atoms with E-state index in [9.17, 15) is 10.1 Å². The summed E-state index contributed by atoms with van der Waals surface area (Å²) in [5.41, 5.74) is 4.73. The number of hydrogen-bond donors (Lipinski definition) is 1. The summed E-state index contributed by atoms with van der Waals surface area (Å²) >= 11 is 5.78. The lowest BCUT2D eigenvalue weighted by Crippen LogP contribution is -2.29. The highest BCUT2D eigenvalue weighted by Crippen LogP contribution is 2.43. The van der Waals surface area contributed by atoms with Crippen LogP contribution >= 0.6 is 12.2 Å². The molecule has 7 nitrogen and oxygen atoms in total. The Morgan fingerprint density at radius 2 is 1.82 bits per heavy atom. The van der Waals surface area contributed by atoms with E-state index in [1.165, 1.54) is 12.1 Å². The molecule has 1 fully saturated rings. The van der Waals surface area contributed by atoms with E-state index >= 15 is 0 Å². The molecule has 1 aliphatic rings. The Morgan fingerprint density at radius 3 is 2.53 bits per heavy atom. The van der Waals surface area contributed by atoms with Crippen molar-refractivity contribution in [3.05, 3.63) is 112 Å². The number of benzene rings is 2. The molecule has 0 aliphatic carbocycles. The number of rotatable bonds is 5. The number of thiocarbonyl (C=S) groups is 1. The normalized spacial score (nSPS) is 17.6. The van der Waals surface area contributed by atoms with Crippen molar-refractivity contribution in [2.75, 3.05) is 4.90 Å². The highest BCUT2D eigenvalue weighted by atomic mass is 32.1. The van der Waals surface area contributed by atoms with Gasteiger partial charge in [0.05, 0.1) is 16.7 Å². The number of aromatic nitrogens is 1. The minimum Gasteiger partial charge on any atom is -0.459 e. The van der Waals surface area contributed by atoms with Crippen LogP contribution in [-0.2, 0) is 0 Å². The van der Waals surface area contributed by atoms with E-state index in [1.807, 2.05) is 30.3 Å². The summed E-state index contributed by atoms with van der Waals surface area (Å²) in [4.78, 5) is 17.4. The number of nitrogens with zero attached hydrogens (tertiary/aromatic N) is 3. The minimum absolute atomic E-state index is 0.0161. The van der Waals surface area contributed by atoms with Crippen molar-refractivity contribution in [2.24, 2.45) is 0 Å². The highest BCUT2D eigenvalue weighted by Gasteiger charge is 2.42. The molecule has 3 heterocycles. The summed E-state index contributed by atoms with van der Waals surface area (Å²) in [5, 5.41) is 15.2. The zero-order chi connectivity index (χ0) is 23.8. The topological polar surface area (TPSA) is 84.4 Å². The number of anilines is 1. The fourth-order valence-corrected chi connectivity index (χ4v) is 4.80. The maximum absolute atomic E-state index is 11.2. The summed E-state index contributed by atoms with van der Waals surface area (Å²) in [6.07, 6.45) is 1.76. The van der Waals surface area contributed by atoms with E-state index < -0.39 is 4.92 Å². The van der Waals surface area contributed by atoms with E-state index in [2.05, 4.69) is 47.2 Å². The summed E-state index contributed by atoms with van der Waals surface area (Å²) in [6.45, 7) is 4.11. The third-order valence-electron chi connectivity index (χ3n) is 5.84. The largest absolute Gasteiger partial charge is 0.459 e. The molecule has 0 spiro atoms. The number of nitro groups is 1. The van der Waals surface area contributed by atoms with Gasteiger partial charge in [0, 0.05) is 29.6 Å². The lowest BCUT2D eigenvalue weighted by atomic mass is 10.0. The van der Waals surface area contributed by atoms with Crippen LogP contribution in [0, 0.1) is 24.0 Å². The molecule has 0 amide bonds. The Kier molecular flexibility index (Phi) is 5.59. The van der Waals surface area contributed by atoms with E-state index in [4.69, 9.17) is 16.6 Å². The third kappa shape index (κ3) is 4.04. The molecule has 2 aromatic heterocycles. The van der Waals surface area contributed by atoms with Gasteiger partial charge in [0.25, 0.3) is 5.69 Å². The molecule has 0 unspecified atom stereocenters. The quantitative estimate of drug-likeness (QED) is 0.216. The highest BCUT2D eigenvalue weighted by molar-refractivity contribution is 7.80. The molecule has 0 radical (unpaired) electrons. The Labute approximate surface area is 202 Å². The maximum Gasteiger partial charge on any atom is 0.270 e. The molecule has 2 atom stereocenters. The lowest BCUT2D eigenvalue weighted by molar-refractivity contribution is -0.384. The molecule has 5 rings (SSSR count). The number of non-ortho nitro benzene ring substituents is 1. The molecule has 2 aromatic carbocycles. The van der Waals surface area contributed by atoms with Crippen molar-refractivity contribution >= 4 is 28.7 Å². The van der Waals surface area contributed by atoms with Gasteiger partial charge >= 0.3 is 0 Å². The van der Waals surface area contributed by atoms with Crippen molar-refractivity contribution in [1.82, 2.24) is 10.3 Å². The average molecular weight is 471 g/mol. The predicted molar refractivity (Wildman–Crippen MR) is 135 cm³/mol. The van der Waals surface area contributed by atoms with E-state index in [-0.39, 0.29) is 17.8 Å². The van der Waals surface area contributed by atoms with Crippen LogP contribution in [-0.4, -0.2) is 15.0 Å². The van der Waals surface area contributed by atoms with Crippen LogP contribution in [0.25, 0.3) is 11.3 Å². The lowest BCUT2D eigenvalue weighted by Gasteiger charge is -2.26. The molecule has 0 bridgehead atoms. The SMILES string of the molecule is Cc1cc(C)cc(N2C(=S)N[C@H](c3ccccn3)[C@@H]2c2ccc(-c3cccc([N+](=O)[O-])c3)o2)c1. The molecular weight excluding hydrogens is 448 g/mol. The van der Waals surface area contributed by atoms with Crippen LogP contribution < -0.4 is 10.2 Å². The van der Waals surface area contributed by atoms with E-state index in [1.54, 1.807) is 18.3 Å². The molecule has 34 heavy (non-hydrogen) atoms. The predicted octanol–water partition coefficient (Wildman–Crippen LogP) is 6.04. The summed E-state index contributed by atoms with van der Waals surface area (Å²) in [7, 11) is 0. The first-order valence-corrected chi connectivity index (χ1v) is 11.2. The Hall–Kier alpha value is -4.04. The van der Waals surface area contributed by atoms with Crippen molar-refractivity contribution in [2.45, 2.75) is 25.9 Å². The summed E-state index contributed by atoms with van der Waals surface area (Å²) < 4.78 is 6.31. The van der Waals surface area contributed by atoms with Gasteiger partial charge in [-0.25, -0.2) is 0 Å². The van der Waals surface area contributed by atoms with Crippen molar-refractivity contribution in [3.63, 3.8) is 0 Å². The monoisotopic (exact) mass is 470 g/mol. The first-order chi connectivity index (χ1) is 16.4. The first-order valence-electron chi connectivity index (χ1n) is 10.8.